The lowest BCUT2D eigenvalue weighted by atomic mass is 10.0. The van der Waals surface area contributed by atoms with Crippen LogP contribution in [0.25, 0.3) is 44.6 Å². The molecule has 36 heavy (non-hydrogen) atoms. The SMILES string of the molecule is C=N/C(C)=C\N(C)c1nccc2[nH]c(-c3[nH]nc4c(F)cc(-c5cncc(NC(C)C)c5)cc34)nc12. The summed E-state index contributed by atoms with van der Waals surface area (Å²) < 4.78 is 15.1. The Hall–Kier alpha value is -4.60. The molecule has 1 aromatic carbocycles. The second-order valence-corrected chi connectivity index (χ2v) is 8.87. The summed E-state index contributed by atoms with van der Waals surface area (Å²) >= 11 is 0. The first-order valence-electron chi connectivity index (χ1n) is 11.5. The number of rotatable bonds is 7. The molecule has 0 spiro atoms. The third-order valence-corrected chi connectivity index (χ3v) is 5.72. The van der Waals surface area contributed by atoms with Crippen LogP contribution in [0.15, 0.2) is 59.7 Å². The van der Waals surface area contributed by atoms with Gasteiger partial charge in [0, 0.05) is 48.8 Å². The molecule has 0 amide bonds. The lowest BCUT2D eigenvalue weighted by molar-refractivity contribution is 0.636. The van der Waals surface area contributed by atoms with Gasteiger partial charge < -0.3 is 15.2 Å². The Kier molecular flexibility index (Phi) is 5.93. The van der Waals surface area contributed by atoms with E-state index in [1.807, 2.05) is 43.3 Å². The van der Waals surface area contributed by atoms with Gasteiger partial charge in [-0.3, -0.25) is 15.1 Å². The molecule has 3 N–H and O–H groups in total. The number of allylic oxidation sites excluding steroid dienone is 1. The molecule has 10 heteroatoms. The maximum atomic E-state index is 15.1. The molecule has 0 unspecified atom stereocenters. The third kappa shape index (κ3) is 4.28. The van der Waals surface area contributed by atoms with Gasteiger partial charge in [0.25, 0.3) is 0 Å². The molecule has 5 aromatic rings. The van der Waals surface area contributed by atoms with E-state index in [4.69, 9.17) is 4.98 Å². The van der Waals surface area contributed by atoms with Crippen molar-refractivity contribution in [2.45, 2.75) is 26.8 Å². The molecule has 0 saturated carbocycles. The fourth-order valence-corrected chi connectivity index (χ4v) is 4.11. The van der Waals surface area contributed by atoms with Crippen LogP contribution < -0.4 is 10.2 Å². The lowest BCUT2D eigenvalue weighted by Gasteiger charge is -2.13. The fraction of sp³-hybridized carbons (Fsp3) is 0.192. The highest BCUT2D eigenvalue weighted by Crippen LogP contribution is 2.33. The minimum absolute atomic E-state index is 0.240. The van der Waals surface area contributed by atoms with Gasteiger partial charge in [-0.25, -0.2) is 14.4 Å². The summed E-state index contributed by atoms with van der Waals surface area (Å²) in [6.07, 6.45) is 7.00. The van der Waals surface area contributed by atoms with E-state index in [1.165, 1.54) is 6.07 Å². The maximum absolute atomic E-state index is 15.1. The average Bonchev–Trinajstić information content (AvgIpc) is 3.47. The van der Waals surface area contributed by atoms with E-state index in [0.29, 0.717) is 33.8 Å². The summed E-state index contributed by atoms with van der Waals surface area (Å²) in [5, 5.41) is 11.1. The molecule has 4 heterocycles. The zero-order valence-electron chi connectivity index (χ0n) is 20.5. The van der Waals surface area contributed by atoms with Crippen molar-refractivity contribution in [3.05, 3.63) is 60.6 Å². The van der Waals surface area contributed by atoms with Gasteiger partial charge in [0.15, 0.2) is 17.5 Å². The third-order valence-electron chi connectivity index (χ3n) is 5.72. The van der Waals surface area contributed by atoms with Crippen molar-refractivity contribution < 1.29 is 4.39 Å². The molecule has 0 bridgehead atoms. The number of hydrogen-bond acceptors (Lipinski definition) is 7. The van der Waals surface area contributed by atoms with Crippen LogP contribution >= 0.6 is 0 Å². The predicted octanol–water partition coefficient (Wildman–Crippen LogP) is 5.52. The van der Waals surface area contributed by atoms with E-state index in [-0.39, 0.29) is 11.6 Å². The van der Waals surface area contributed by atoms with Crippen molar-refractivity contribution in [3.8, 4) is 22.6 Å². The Morgan fingerprint density at radius 3 is 2.81 bits per heavy atom. The normalized spacial score (nSPS) is 12.0. The van der Waals surface area contributed by atoms with Crippen molar-refractivity contribution in [1.29, 1.82) is 0 Å². The highest BCUT2D eigenvalue weighted by Gasteiger charge is 2.19. The lowest BCUT2D eigenvalue weighted by Crippen LogP contribution is -2.11. The minimum atomic E-state index is -0.428. The maximum Gasteiger partial charge on any atom is 0.160 e. The second kappa shape index (κ2) is 9.21. The van der Waals surface area contributed by atoms with Gasteiger partial charge in [0.2, 0.25) is 0 Å². The summed E-state index contributed by atoms with van der Waals surface area (Å²) in [6.45, 7) is 9.51. The average molecular weight is 484 g/mol. The van der Waals surface area contributed by atoms with Crippen LogP contribution in [0.4, 0.5) is 15.9 Å². The number of imidazole rings is 1. The first kappa shape index (κ1) is 23.2. The summed E-state index contributed by atoms with van der Waals surface area (Å²) in [5.41, 5.74) is 5.38. The van der Waals surface area contributed by atoms with E-state index in [1.54, 1.807) is 18.6 Å². The van der Waals surface area contributed by atoms with Crippen LogP contribution in [0, 0.1) is 5.82 Å². The molecule has 0 aliphatic rings. The van der Waals surface area contributed by atoms with E-state index >= 15 is 4.39 Å². The Bertz CT molecular complexity index is 1610. The summed E-state index contributed by atoms with van der Waals surface area (Å²) in [4.78, 5) is 22.7. The molecule has 4 aromatic heterocycles. The topological polar surface area (TPSA) is 111 Å². The second-order valence-electron chi connectivity index (χ2n) is 8.87. The number of aliphatic imine (C=N–C) groups is 1. The molecule has 0 aliphatic heterocycles. The number of benzene rings is 1. The number of halogens is 1. The monoisotopic (exact) mass is 483 g/mol. The van der Waals surface area contributed by atoms with Gasteiger partial charge in [0.1, 0.15) is 16.7 Å². The van der Waals surface area contributed by atoms with E-state index in [9.17, 15) is 0 Å². The first-order chi connectivity index (χ1) is 17.3. The smallest absolute Gasteiger partial charge is 0.160 e. The Morgan fingerprint density at radius 1 is 1.19 bits per heavy atom. The minimum Gasteiger partial charge on any atom is -0.382 e. The molecule has 0 saturated heterocycles. The van der Waals surface area contributed by atoms with Crippen LogP contribution in [0.1, 0.15) is 20.8 Å². The molecule has 0 radical (unpaired) electrons. The predicted molar refractivity (Wildman–Crippen MR) is 143 cm³/mol. The Morgan fingerprint density at radius 2 is 2.03 bits per heavy atom. The fourth-order valence-electron chi connectivity index (χ4n) is 4.11. The van der Waals surface area contributed by atoms with Crippen LogP contribution in [0.3, 0.4) is 0 Å². The Balaban J connectivity index is 1.61. The molecule has 182 valence electrons. The molecule has 0 atom stereocenters. The van der Waals surface area contributed by atoms with Crippen LogP contribution in [-0.4, -0.2) is 49.9 Å². The summed E-state index contributed by atoms with van der Waals surface area (Å²) in [6, 6.07) is 7.42. The number of aromatic amines is 2. The quantitative estimate of drug-likeness (QED) is 0.263. The Labute approximate surface area is 207 Å². The number of aromatic nitrogens is 6. The van der Waals surface area contributed by atoms with E-state index < -0.39 is 5.82 Å². The molecular formula is C26H26FN9. The molecule has 9 nitrogen and oxygen atoms in total. The number of hydrogen-bond donors (Lipinski definition) is 3. The van der Waals surface area contributed by atoms with Gasteiger partial charge in [-0.15, -0.1) is 0 Å². The van der Waals surface area contributed by atoms with Crippen molar-refractivity contribution in [2.24, 2.45) is 4.99 Å². The van der Waals surface area contributed by atoms with Gasteiger partial charge in [-0.05, 0) is 57.3 Å². The van der Waals surface area contributed by atoms with Gasteiger partial charge in [-0.2, -0.15) is 5.10 Å². The van der Waals surface area contributed by atoms with Crippen molar-refractivity contribution in [2.75, 3.05) is 17.3 Å². The standard InChI is InChI=1S/C26H26FN9/c1-14(2)31-18-8-17(11-29-12-18)16-9-19-22(20(27)10-16)34-35-23(19)25-32-21-6-7-30-26(24(21)33-25)36(5)13-15(3)28-4/h6-14,31H,4H2,1-3,5H3,(H,32,33)(H,34,35)/b15-13-. The molecule has 0 fully saturated rings. The first-order valence-corrected chi connectivity index (χ1v) is 11.5. The van der Waals surface area contributed by atoms with Crippen LogP contribution in [-0.2, 0) is 0 Å². The molecule has 5 rings (SSSR count). The molecular weight excluding hydrogens is 457 g/mol. The number of nitrogens with zero attached hydrogens (tertiary/aromatic N) is 6. The molecule has 0 aliphatic carbocycles. The highest BCUT2D eigenvalue weighted by atomic mass is 19.1. The van der Waals surface area contributed by atoms with Crippen molar-refractivity contribution in [3.63, 3.8) is 0 Å². The van der Waals surface area contributed by atoms with Crippen molar-refractivity contribution in [1.82, 2.24) is 30.1 Å². The van der Waals surface area contributed by atoms with Gasteiger partial charge in [0.05, 0.1) is 16.9 Å². The zero-order chi connectivity index (χ0) is 25.4. The highest BCUT2D eigenvalue weighted by molar-refractivity contribution is 5.97. The van der Waals surface area contributed by atoms with Crippen molar-refractivity contribution >= 4 is 40.2 Å². The van der Waals surface area contributed by atoms with Crippen LogP contribution in [0.2, 0.25) is 0 Å². The summed E-state index contributed by atoms with van der Waals surface area (Å²) in [5.74, 6) is 0.750. The van der Waals surface area contributed by atoms with Gasteiger partial charge in [-0.1, -0.05) is 0 Å². The number of nitrogens with one attached hydrogen (secondary N) is 3. The number of fused-ring (bicyclic) bond motifs is 2. The summed E-state index contributed by atoms with van der Waals surface area (Å²) in [7, 11) is 1.87. The van der Waals surface area contributed by atoms with Crippen LogP contribution in [0.5, 0.6) is 0 Å². The largest absolute Gasteiger partial charge is 0.382 e. The van der Waals surface area contributed by atoms with Gasteiger partial charge >= 0.3 is 0 Å². The number of anilines is 2. The number of H-pyrrole nitrogens is 2. The number of pyridine rings is 2. The van der Waals surface area contributed by atoms with E-state index in [2.05, 4.69) is 56.0 Å². The van der Waals surface area contributed by atoms with E-state index in [0.717, 1.165) is 22.5 Å². The zero-order valence-corrected chi connectivity index (χ0v) is 20.5.